The number of rotatable bonds is 10. The van der Waals surface area contributed by atoms with Crippen LogP contribution in [0.15, 0.2) is 82.7 Å². The molecule has 2 amide bonds. The second-order valence-corrected chi connectivity index (χ2v) is 19.5. The number of guanidine groups is 1. The number of imidazole rings is 1. The average Bonchev–Trinajstić information content (AvgIpc) is 3.56. The van der Waals surface area contributed by atoms with Crippen molar-refractivity contribution in [3.8, 4) is 11.8 Å². The predicted molar refractivity (Wildman–Crippen MR) is 251 cm³/mol. The molecule has 9 rings (SSSR count). The Morgan fingerprint density at radius 3 is 2.23 bits per heavy atom. The molecule has 336 valence electrons. The minimum Gasteiger partial charge on any atom is -0.491 e. The molecule has 1 aromatic heterocycles. The van der Waals surface area contributed by atoms with Gasteiger partial charge in [-0.05, 0) is 142 Å². The molecule has 6 heterocycles. The number of nitriles is 1. The minimum atomic E-state index is -0.671. The van der Waals surface area contributed by atoms with Gasteiger partial charge in [-0.1, -0.05) is 37.6 Å². The number of aromatic nitrogens is 2. The molecule has 0 spiro atoms. The van der Waals surface area contributed by atoms with Crippen molar-refractivity contribution < 1.29 is 14.3 Å². The zero-order valence-corrected chi connectivity index (χ0v) is 38.0. The number of aryl methyl sites for hydroxylation is 1. The Hall–Kier alpha value is -5.58. The SMILES string of the molecule is Cn1c(=O)n(C2CCC(=O)NC2=O)c2ccc(N3CCC(C4CCN(CC5CCN(C6=NC(COc7ccc(C(C)(C)c8cc(Cl)cc(C#N)c8)cc7)C=CN6)CC5)CC4)CC3)cc21. The summed E-state index contributed by atoms with van der Waals surface area (Å²) in [4.78, 5) is 50.2. The quantitative estimate of drug-likeness (QED) is 0.166. The van der Waals surface area contributed by atoms with Gasteiger partial charge in [-0.25, -0.2) is 9.79 Å². The Morgan fingerprint density at radius 2 is 1.53 bits per heavy atom. The number of nitrogens with zero attached hydrogens (tertiary/aromatic N) is 7. The normalized spacial score (nSPS) is 22.0. The van der Waals surface area contributed by atoms with Gasteiger partial charge < -0.3 is 24.8 Å². The van der Waals surface area contributed by atoms with Crippen molar-refractivity contribution in [2.24, 2.45) is 29.8 Å². The number of benzene rings is 3. The maximum atomic E-state index is 13.3. The summed E-state index contributed by atoms with van der Waals surface area (Å²) in [6.45, 7) is 12.3. The Balaban J connectivity index is 0.700. The molecule has 4 fully saturated rings. The smallest absolute Gasteiger partial charge is 0.329 e. The number of fused-ring (bicyclic) bond motifs is 1. The van der Waals surface area contributed by atoms with Crippen LogP contribution in [-0.4, -0.2) is 95.2 Å². The lowest BCUT2D eigenvalue weighted by Crippen LogP contribution is -2.48. The molecule has 2 N–H and O–H groups in total. The van der Waals surface area contributed by atoms with E-state index in [-0.39, 0.29) is 29.5 Å². The third-order valence-corrected chi connectivity index (χ3v) is 15.0. The number of carbonyl (C=O) groups excluding carboxylic acids is 2. The van der Waals surface area contributed by atoms with E-state index in [1.54, 1.807) is 22.2 Å². The molecule has 0 bridgehead atoms. The highest BCUT2D eigenvalue weighted by molar-refractivity contribution is 6.30. The number of piperidine rings is 4. The molecule has 14 heteroatoms. The molecular weight excluding hydrogens is 826 g/mol. The van der Waals surface area contributed by atoms with Crippen LogP contribution in [0.25, 0.3) is 11.0 Å². The molecule has 0 saturated carbocycles. The number of anilines is 1. The van der Waals surface area contributed by atoms with E-state index in [1.807, 2.05) is 36.5 Å². The van der Waals surface area contributed by atoms with Crippen LogP contribution in [-0.2, 0) is 22.1 Å². The van der Waals surface area contributed by atoms with Crippen molar-refractivity contribution >= 4 is 46.1 Å². The number of hydrogen-bond donors (Lipinski definition) is 2. The lowest BCUT2D eigenvalue weighted by Gasteiger charge is -2.42. The molecule has 4 saturated heterocycles. The van der Waals surface area contributed by atoms with Crippen molar-refractivity contribution in [2.75, 3.05) is 57.3 Å². The first-order valence-electron chi connectivity index (χ1n) is 23.2. The van der Waals surface area contributed by atoms with E-state index in [0.29, 0.717) is 29.5 Å². The lowest BCUT2D eigenvalue weighted by molar-refractivity contribution is -0.135. The van der Waals surface area contributed by atoms with Crippen molar-refractivity contribution in [1.29, 1.82) is 5.26 Å². The van der Waals surface area contributed by atoms with Gasteiger partial charge in [-0.15, -0.1) is 0 Å². The number of halogens is 1. The standard InChI is InChI=1S/C50H60ClN9O4/c1-50(2,38-26-34(30-52)27-39(51)28-38)37-4-7-42(8-5-37)64-32-40-12-19-53-48(54-40)59-22-13-33(14-23-59)31-57-20-15-35(16-21-57)36-17-24-58(25-18-36)41-6-9-43-45(29-41)56(3)49(63)60(43)44-10-11-46(61)55-47(44)62/h4-9,12,19,26-29,33,35-36,40,44H,10-11,13-18,20-25,31-32H2,1-3H3,(H,53,54)(H,55,61,62). The second kappa shape index (κ2) is 18.5. The van der Waals surface area contributed by atoms with Crippen molar-refractivity contribution in [2.45, 2.75) is 82.7 Å². The molecule has 4 aromatic rings. The van der Waals surface area contributed by atoms with E-state index >= 15 is 0 Å². The largest absolute Gasteiger partial charge is 0.491 e. The van der Waals surface area contributed by atoms with Gasteiger partial charge in [0.2, 0.25) is 11.8 Å². The fourth-order valence-corrected chi connectivity index (χ4v) is 11.0. The number of amides is 2. The maximum absolute atomic E-state index is 13.3. The Kier molecular flexibility index (Phi) is 12.6. The van der Waals surface area contributed by atoms with Crippen molar-refractivity contribution in [3.05, 3.63) is 105 Å². The average molecular weight is 887 g/mol. The van der Waals surface area contributed by atoms with E-state index in [2.05, 4.69) is 75.6 Å². The molecule has 0 aliphatic carbocycles. The number of carbonyl (C=O) groups is 2. The summed E-state index contributed by atoms with van der Waals surface area (Å²) in [6.07, 6.45) is 11.9. The third kappa shape index (κ3) is 9.18. The molecule has 13 nitrogen and oxygen atoms in total. The van der Waals surface area contributed by atoms with Gasteiger partial charge in [0, 0.05) is 68.5 Å². The van der Waals surface area contributed by atoms with Gasteiger partial charge in [-0.3, -0.25) is 24.0 Å². The van der Waals surface area contributed by atoms with Crippen LogP contribution < -0.4 is 26.0 Å². The monoisotopic (exact) mass is 885 g/mol. The third-order valence-electron chi connectivity index (χ3n) is 14.8. The Morgan fingerprint density at radius 1 is 0.828 bits per heavy atom. The van der Waals surface area contributed by atoms with Crippen molar-refractivity contribution in [3.63, 3.8) is 0 Å². The summed E-state index contributed by atoms with van der Waals surface area (Å²) in [6, 6.07) is 21.3. The summed E-state index contributed by atoms with van der Waals surface area (Å²) in [5, 5.41) is 15.8. The highest BCUT2D eigenvalue weighted by atomic mass is 35.5. The van der Waals surface area contributed by atoms with Gasteiger partial charge in [0.25, 0.3) is 0 Å². The zero-order chi connectivity index (χ0) is 44.5. The van der Waals surface area contributed by atoms with E-state index in [1.165, 1.54) is 58.2 Å². The number of hydrogen-bond acceptors (Lipinski definition) is 10. The van der Waals surface area contributed by atoms with Crippen LogP contribution in [0.2, 0.25) is 5.02 Å². The lowest BCUT2D eigenvalue weighted by atomic mass is 9.78. The molecule has 2 atom stereocenters. The first-order chi connectivity index (χ1) is 30.9. The summed E-state index contributed by atoms with van der Waals surface area (Å²) in [5.41, 5.74) is 4.76. The zero-order valence-electron chi connectivity index (χ0n) is 37.3. The van der Waals surface area contributed by atoms with Gasteiger partial charge in [0.1, 0.15) is 24.4 Å². The highest BCUT2D eigenvalue weighted by Gasteiger charge is 2.34. The Labute approximate surface area is 380 Å². The molecule has 5 aliphatic rings. The summed E-state index contributed by atoms with van der Waals surface area (Å²) in [5.74, 6) is 3.27. The first-order valence-corrected chi connectivity index (χ1v) is 23.5. The number of nitrogens with one attached hydrogen (secondary N) is 2. The van der Waals surface area contributed by atoms with Crippen LogP contribution in [0.3, 0.4) is 0 Å². The molecule has 5 aliphatic heterocycles. The number of ether oxygens (including phenoxy) is 1. The van der Waals surface area contributed by atoms with E-state index in [0.717, 1.165) is 77.6 Å². The second-order valence-electron chi connectivity index (χ2n) is 19.1. The van der Waals surface area contributed by atoms with Gasteiger partial charge in [0.05, 0.1) is 22.7 Å². The van der Waals surface area contributed by atoms with E-state index in [9.17, 15) is 19.6 Å². The fourth-order valence-electron chi connectivity index (χ4n) is 10.8. The van der Waals surface area contributed by atoms with Gasteiger partial charge in [0.15, 0.2) is 5.96 Å². The maximum Gasteiger partial charge on any atom is 0.329 e. The van der Waals surface area contributed by atoms with E-state index < -0.39 is 11.9 Å². The van der Waals surface area contributed by atoms with Crippen molar-refractivity contribution in [1.82, 2.24) is 29.6 Å². The van der Waals surface area contributed by atoms with Crippen LogP contribution in [0.5, 0.6) is 5.75 Å². The van der Waals surface area contributed by atoms with Crippen LogP contribution >= 0.6 is 11.6 Å². The fraction of sp³-hybridized carbons (Fsp3) is 0.500. The number of imide groups is 1. The topological polar surface area (TPSA) is 140 Å². The molecule has 2 unspecified atom stereocenters. The highest BCUT2D eigenvalue weighted by Crippen LogP contribution is 2.37. The molecule has 3 aromatic carbocycles. The summed E-state index contributed by atoms with van der Waals surface area (Å²) < 4.78 is 9.40. The van der Waals surface area contributed by atoms with Gasteiger partial charge >= 0.3 is 5.69 Å². The molecule has 64 heavy (non-hydrogen) atoms. The number of aliphatic imine (C=N–C) groups is 1. The predicted octanol–water partition coefficient (Wildman–Crippen LogP) is 6.73. The molecule has 0 radical (unpaired) electrons. The summed E-state index contributed by atoms with van der Waals surface area (Å²) in [7, 11) is 1.76. The first kappa shape index (κ1) is 43.7. The van der Waals surface area contributed by atoms with Crippen LogP contribution in [0, 0.1) is 29.1 Å². The summed E-state index contributed by atoms with van der Waals surface area (Å²) >= 11 is 6.32. The minimum absolute atomic E-state index is 0.0672. The van der Waals surface area contributed by atoms with Crippen LogP contribution in [0.4, 0.5) is 5.69 Å². The van der Waals surface area contributed by atoms with E-state index in [4.69, 9.17) is 21.3 Å². The van der Waals surface area contributed by atoms with Gasteiger partial charge in [-0.2, -0.15) is 5.26 Å². The Bertz CT molecular complexity index is 2530. The molecular formula is C50H60ClN9O4. The van der Waals surface area contributed by atoms with Crippen LogP contribution in [0.1, 0.15) is 87.9 Å². The number of likely N-dealkylation sites (tertiary alicyclic amines) is 2.